The summed E-state index contributed by atoms with van der Waals surface area (Å²) in [5.41, 5.74) is 8.11. The molecule has 0 saturated heterocycles. The molecule has 0 radical (unpaired) electrons. The molecule has 4 N–H and O–H groups in total. The van der Waals surface area contributed by atoms with Crippen LogP contribution in [-0.2, 0) is 4.79 Å². The van der Waals surface area contributed by atoms with Gasteiger partial charge in [0.1, 0.15) is 0 Å². The highest BCUT2D eigenvalue weighted by Crippen LogP contribution is 2.17. The van der Waals surface area contributed by atoms with Crippen molar-refractivity contribution < 1.29 is 9.90 Å². The van der Waals surface area contributed by atoms with Crippen molar-refractivity contribution in [1.29, 1.82) is 0 Å². The summed E-state index contributed by atoms with van der Waals surface area (Å²) in [6.07, 6.45) is 0.673. The molecule has 0 aromatic heterocycles. The van der Waals surface area contributed by atoms with Crippen LogP contribution in [0.1, 0.15) is 25.8 Å². The zero-order valence-electron chi connectivity index (χ0n) is 12.5. The second-order valence-electron chi connectivity index (χ2n) is 5.26. The van der Waals surface area contributed by atoms with E-state index in [0.29, 0.717) is 25.2 Å². The highest BCUT2D eigenvalue weighted by molar-refractivity contribution is 5.93. The number of nitrogen functional groups attached to an aromatic ring is 1. The van der Waals surface area contributed by atoms with E-state index in [2.05, 4.69) is 5.32 Å². The van der Waals surface area contributed by atoms with Crippen molar-refractivity contribution in [1.82, 2.24) is 4.90 Å². The number of nitrogens with one attached hydrogen (secondary N) is 1. The van der Waals surface area contributed by atoms with E-state index >= 15 is 0 Å². The number of carbonyl (C=O) groups excluding carboxylic acids is 1. The van der Waals surface area contributed by atoms with Gasteiger partial charge in [-0.3, -0.25) is 9.69 Å². The van der Waals surface area contributed by atoms with Crippen LogP contribution in [0.3, 0.4) is 0 Å². The van der Waals surface area contributed by atoms with Crippen molar-refractivity contribution in [3.63, 3.8) is 0 Å². The van der Waals surface area contributed by atoms with E-state index in [0.717, 1.165) is 11.3 Å². The van der Waals surface area contributed by atoms with Crippen molar-refractivity contribution in [2.24, 2.45) is 0 Å². The van der Waals surface area contributed by atoms with Crippen LogP contribution in [0.4, 0.5) is 11.4 Å². The number of carbonyl (C=O) groups is 1. The number of amides is 1. The summed E-state index contributed by atoms with van der Waals surface area (Å²) >= 11 is 0. The fourth-order valence-corrected chi connectivity index (χ4v) is 1.99. The van der Waals surface area contributed by atoms with Crippen molar-refractivity contribution in [2.45, 2.75) is 33.2 Å². The van der Waals surface area contributed by atoms with Gasteiger partial charge in [-0.2, -0.15) is 0 Å². The van der Waals surface area contributed by atoms with Gasteiger partial charge in [-0.05, 0) is 51.0 Å². The molecule has 0 aliphatic carbocycles. The highest BCUT2D eigenvalue weighted by Gasteiger charge is 2.14. The van der Waals surface area contributed by atoms with E-state index in [9.17, 15) is 4.79 Å². The quantitative estimate of drug-likeness (QED) is 0.663. The van der Waals surface area contributed by atoms with Gasteiger partial charge in [0.25, 0.3) is 0 Å². The Morgan fingerprint density at radius 3 is 2.70 bits per heavy atom. The van der Waals surface area contributed by atoms with Crippen molar-refractivity contribution in [3.05, 3.63) is 23.8 Å². The summed E-state index contributed by atoms with van der Waals surface area (Å²) in [5, 5.41) is 11.8. The Hall–Kier alpha value is -1.59. The summed E-state index contributed by atoms with van der Waals surface area (Å²) in [4.78, 5) is 14.1. The van der Waals surface area contributed by atoms with Gasteiger partial charge in [-0.15, -0.1) is 0 Å². The topological polar surface area (TPSA) is 78.6 Å². The minimum Gasteiger partial charge on any atom is -0.399 e. The second kappa shape index (κ2) is 7.87. The van der Waals surface area contributed by atoms with Gasteiger partial charge in [0.15, 0.2) is 0 Å². The van der Waals surface area contributed by atoms with E-state index in [1.54, 1.807) is 6.07 Å². The Bertz CT molecular complexity index is 447. The first kappa shape index (κ1) is 16.5. The number of benzene rings is 1. The van der Waals surface area contributed by atoms with Crippen molar-refractivity contribution in [2.75, 3.05) is 30.7 Å². The molecule has 112 valence electrons. The van der Waals surface area contributed by atoms with Crippen molar-refractivity contribution in [3.8, 4) is 0 Å². The van der Waals surface area contributed by atoms with E-state index in [1.165, 1.54) is 0 Å². The first-order chi connectivity index (χ1) is 9.43. The van der Waals surface area contributed by atoms with Crippen LogP contribution in [0.5, 0.6) is 0 Å². The number of nitrogens with two attached hydrogens (primary N) is 1. The zero-order valence-corrected chi connectivity index (χ0v) is 12.5. The molecule has 0 bridgehead atoms. The third-order valence-corrected chi connectivity index (χ3v) is 3.20. The van der Waals surface area contributed by atoms with Crippen molar-refractivity contribution >= 4 is 17.3 Å². The number of aryl methyl sites for hydroxylation is 1. The number of hydrogen-bond donors (Lipinski definition) is 3. The lowest BCUT2D eigenvalue weighted by Crippen LogP contribution is -2.39. The molecule has 20 heavy (non-hydrogen) atoms. The predicted molar refractivity (Wildman–Crippen MR) is 82.6 cm³/mol. The third-order valence-electron chi connectivity index (χ3n) is 3.20. The molecular formula is C15H25N3O2. The molecule has 5 heteroatoms. The van der Waals surface area contributed by atoms with Crippen LogP contribution >= 0.6 is 0 Å². The molecule has 0 fully saturated rings. The lowest BCUT2D eigenvalue weighted by atomic mass is 10.2. The van der Waals surface area contributed by atoms with Crippen LogP contribution in [0.2, 0.25) is 0 Å². The second-order valence-corrected chi connectivity index (χ2v) is 5.26. The van der Waals surface area contributed by atoms with Crippen LogP contribution in [0, 0.1) is 6.92 Å². The largest absolute Gasteiger partial charge is 0.399 e. The molecule has 0 atom stereocenters. The zero-order chi connectivity index (χ0) is 15.1. The average Bonchev–Trinajstić information content (AvgIpc) is 2.37. The molecule has 0 saturated carbocycles. The van der Waals surface area contributed by atoms with Gasteiger partial charge in [-0.1, -0.05) is 0 Å². The third kappa shape index (κ3) is 5.19. The Morgan fingerprint density at radius 1 is 1.45 bits per heavy atom. The van der Waals surface area contributed by atoms with E-state index in [1.807, 2.05) is 37.8 Å². The maximum Gasteiger partial charge on any atom is 0.238 e. The van der Waals surface area contributed by atoms with E-state index in [-0.39, 0.29) is 18.6 Å². The summed E-state index contributed by atoms with van der Waals surface area (Å²) in [7, 11) is 0. The molecular weight excluding hydrogens is 254 g/mol. The first-order valence-electron chi connectivity index (χ1n) is 6.95. The van der Waals surface area contributed by atoms with Gasteiger partial charge in [0, 0.05) is 30.6 Å². The molecule has 1 aromatic carbocycles. The fraction of sp³-hybridized carbons (Fsp3) is 0.533. The fourth-order valence-electron chi connectivity index (χ4n) is 1.99. The normalized spacial score (nSPS) is 11.1. The SMILES string of the molecule is Cc1cc(N)ccc1NC(=O)CN(CCCO)C(C)C. The van der Waals surface area contributed by atoms with Crippen LogP contribution in [-0.4, -0.2) is 41.7 Å². The van der Waals surface area contributed by atoms with Crippen LogP contribution in [0.15, 0.2) is 18.2 Å². The summed E-state index contributed by atoms with van der Waals surface area (Å²) < 4.78 is 0. The monoisotopic (exact) mass is 279 g/mol. The maximum atomic E-state index is 12.1. The van der Waals surface area contributed by atoms with Gasteiger partial charge in [0.2, 0.25) is 5.91 Å². The molecule has 0 aliphatic heterocycles. The molecule has 0 unspecified atom stereocenters. The number of aliphatic hydroxyl groups is 1. The average molecular weight is 279 g/mol. The van der Waals surface area contributed by atoms with E-state index in [4.69, 9.17) is 10.8 Å². The lowest BCUT2D eigenvalue weighted by molar-refractivity contribution is -0.117. The lowest BCUT2D eigenvalue weighted by Gasteiger charge is -2.25. The number of anilines is 2. The predicted octanol–water partition coefficient (Wildman–Crippen LogP) is 1.61. The summed E-state index contributed by atoms with van der Waals surface area (Å²) in [6.45, 7) is 7.17. The molecule has 1 amide bonds. The molecule has 1 aromatic rings. The number of aliphatic hydroxyl groups excluding tert-OH is 1. The first-order valence-corrected chi connectivity index (χ1v) is 6.95. The minimum absolute atomic E-state index is 0.0514. The number of rotatable bonds is 7. The van der Waals surface area contributed by atoms with Crippen LogP contribution < -0.4 is 11.1 Å². The van der Waals surface area contributed by atoms with Gasteiger partial charge < -0.3 is 16.2 Å². The van der Waals surface area contributed by atoms with Crippen LogP contribution in [0.25, 0.3) is 0 Å². The number of hydrogen-bond acceptors (Lipinski definition) is 4. The Balaban J connectivity index is 2.61. The molecule has 1 rings (SSSR count). The van der Waals surface area contributed by atoms with E-state index < -0.39 is 0 Å². The highest BCUT2D eigenvalue weighted by atomic mass is 16.3. The Morgan fingerprint density at radius 2 is 2.15 bits per heavy atom. The molecule has 0 heterocycles. The smallest absolute Gasteiger partial charge is 0.238 e. The Labute approximate surface area is 120 Å². The molecule has 5 nitrogen and oxygen atoms in total. The Kier molecular flexibility index (Phi) is 6.48. The molecule has 0 spiro atoms. The van der Waals surface area contributed by atoms with Gasteiger partial charge >= 0.3 is 0 Å². The summed E-state index contributed by atoms with van der Waals surface area (Å²) in [6, 6.07) is 5.69. The number of nitrogens with zero attached hydrogens (tertiary/aromatic N) is 1. The summed E-state index contributed by atoms with van der Waals surface area (Å²) in [5.74, 6) is -0.0514. The molecule has 0 aliphatic rings. The maximum absolute atomic E-state index is 12.1. The standard InChI is InChI=1S/C15H25N3O2/c1-11(2)18(7-4-8-19)10-15(20)17-14-6-5-13(16)9-12(14)3/h5-6,9,11,19H,4,7-8,10,16H2,1-3H3,(H,17,20). The van der Waals surface area contributed by atoms with Gasteiger partial charge in [0.05, 0.1) is 6.54 Å². The minimum atomic E-state index is -0.0514. The van der Waals surface area contributed by atoms with Gasteiger partial charge in [-0.25, -0.2) is 0 Å².